The van der Waals surface area contributed by atoms with E-state index in [0.717, 1.165) is 22.4 Å². The van der Waals surface area contributed by atoms with Crippen LogP contribution >= 0.6 is 33.9 Å². The average molecular weight is 393 g/mol. The molecule has 0 atom stereocenters. The number of benzene rings is 1. The van der Waals surface area contributed by atoms with Gasteiger partial charge in [0.05, 0.1) is 25.5 Å². The molecule has 3 rings (SSSR count). The fourth-order valence-electron chi connectivity index (χ4n) is 2.32. The number of rotatable bonds is 2. The van der Waals surface area contributed by atoms with Crippen LogP contribution in [-0.4, -0.2) is 9.55 Å². The lowest BCUT2D eigenvalue weighted by molar-refractivity contribution is 0.624. The van der Waals surface area contributed by atoms with Gasteiger partial charge in [0.25, 0.3) is 0 Å². The molecule has 2 heterocycles. The molecule has 0 aliphatic carbocycles. The van der Waals surface area contributed by atoms with Gasteiger partial charge in [0, 0.05) is 17.0 Å². The third-order valence-electron chi connectivity index (χ3n) is 3.16. The van der Waals surface area contributed by atoms with Gasteiger partial charge in [0.2, 0.25) is 0 Å². The number of thiophene rings is 1. The molecule has 0 unspecified atom stereocenters. The van der Waals surface area contributed by atoms with Crippen molar-refractivity contribution in [2.45, 2.75) is 19.9 Å². The molecular weight excluding hydrogens is 381 g/mol. The lowest BCUT2D eigenvalue weighted by Gasteiger charge is -2.12. The Morgan fingerprint density at radius 3 is 2.75 bits per heavy atom. The molecule has 0 saturated carbocycles. The quantitative estimate of drug-likeness (QED) is 0.586. The van der Waals surface area contributed by atoms with E-state index in [0.29, 0.717) is 11.6 Å². The molecule has 0 fully saturated rings. The van der Waals surface area contributed by atoms with Crippen molar-refractivity contribution in [3.63, 3.8) is 0 Å². The van der Waals surface area contributed by atoms with Crippen molar-refractivity contribution in [1.29, 1.82) is 5.26 Å². The summed E-state index contributed by atoms with van der Waals surface area (Å²) in [5.74, 6) is 0.976. The predicted molar refractivity (Wildman–Crippen MR) is 90.9 cm³/mol. The monoisotopic (exact) mass is 393 g/mol. The summed E-state index contributed by atoms with van der Waals surface area (Å²) in [5, 5.41) is 11.2. The summed E-state index contributed by atoms with van der Waals surface area (Å²) in [7, 11) is 0. The molecule has 0 saturated heterocycles. The Morgan fingerprint density at radius 1 is 1.35 bits per heavy atom. The molecule has 5 heteroatoms. The molecule has 2 aromatic heterocycles. The normalized spacial score (nSPS) is 11.2. The Labute approximate surface area is 135 Å². The van der Waals surface area contributed by atoms with Gasteiger partial charge in [-0.2, -0.15) is 5.26 Å². The van der Waals surface area contributed by atoms with Crippen molar-refractivity contribution in [1.82, 2.24) is 9.55 Å². The van der Waals surface area contributed by atoms with Crippen molar-refractivity contribution in [2.75, 3.05) is 0 Å². The van der Waals surface area contributed by atoms with Gasteiger partial charge in [-0.3, -0.25) is 0 Å². The fraction of sp³-hybridized carbons (Fsp3) is 0.200. The van der Waals surface area contributed by atoms with E-state index in [9.17, 15) is 0 Å². The van der Waals surface area contributed by atoms with Crippen LogP contribution in [0.25, 0.3) is 22.4 Å². The van der Waals surface area contributed by atoms with E-state index in [1.165, 1.54) is 2.88 Å². The summed E-state index contributed by atoms with van der Waals surface area (Å²) in [5.41, 5.74) is 3.75. The predicted octanol–water partition coefficient (Wildman–Crippen LogP) is 4.82. The number of imidazole rings is 1. The Bertz CT molecular complexity index is 823. The van der Waals surface area contributed by atoms with Gasteiger partial charge in [-0.25, -0.2) is 4.98 Å². The van der Waals surface area contributed by atoms with Crippen LogP contribution in [0.15, 0.2) is 29.6 Å². The van der Waals surface area contributed by atoms with Crippen LogP contribution in [0.4, 0.5) is 0 Å². The van der Waals surface area contributed by atoms with Crippen molar-refractivity contribution >= 4 is 45.0 Å². The van der Waals surface area contributed by atoms with Crippen molar-refractivity contribution in [3.05, 3.63) is 38.1 Å². The van der Waals surface area contributed by atoms with Gasteiger partial charge in [-0.1, -0.05) is 0 Å². The molecule has 0 N–H and O–H groups in total. The van der Waals surface area contributed by atoms with Crippen LogP contribution in [0, 0.1) is 14.2 Å². The maximum absolute atomic E-state index is 9.02. The number of aromatic nitrogens is 2. The first-order valence-electron chi connectivity index (χ1n) is 6.26. The highest BCUT2D eigenvalue weighted by Crippen LogP contribution is 2.31. The molecule has 3 nitrogen and oxygen atoms in total. The summed E-state index contributed by atoms with van der Waals surface area (Å²) in [6, 6.07) is 10.3. The minimum Gasteiger partial charge on any atom is -0.321 e. The molecular formula is C15H12IN3S. The summed E-state index contributed by atoms with van der Waals surface area (Å²) in [6.07, 6.45) is 0. The third-order valence-corrected chi connectivity index (χ3v) is 4.95. The lowest BCUT2D eigenvalue weighted by Crippen LogP contribution is -2.02. The highest BCUT2D eigenvalue weighted by molar-refractivity contribution is 14.1. The maximum Gasteiger partial charge on any atom is 0.142 e. The smallest absolute Gasteiger partial charge is 0.142 e. The van der Waals surface area contributed by atoms with Crippen LogP contribution in [-0.2, 0) is 0 Å². The van der Waals surface area contributed by atoms with Crippen LogP contribution in [0.5, 0.6) is 0 Å². The second kappa shape index (κ2) is 5.19. The van der Waals surface area contributed by atoms with Crippen molar-refractivity contribution < 1.29 is 0 Å². The molecule has 20 heavy (non-hydrogen) atoms. The topological polar surface area (TPSA) is 41.6 Å². The zero-order chi connectivity index (χ0) is 14.3. The largest absolute Gasteiger partial charge is 0.321 e. The van der Waals surface area contributed by atoms with Gasteiger partial charge < -0.3 is 4.57 Å². The van der Waals surface area contributed by atoms with Crippen molar-refractivity contribution in [3.8, 4) is 17.5 Å². The third kappa shape index (κ3) is 2.23. The SMILES string of the molecule is CC(C)n1c(-c2csc(I)c2)nc2cc(C#N)ccc21. The van der Waals surface area contributed by atoms with Gasteiger partial charge >= 0.3 is 0 Å². The first-order valence-corrected chi connectivity index (χ1v) is 8.22. The Balaban J connectivity index is 2.31. The van der Waals surface area contributed by atoms with Crippen LogP contribution < -0.4 is 0 Å². The number of fused-ring (bicyclic) bond motifs is 1. The summed E-state index contributed by atoms with van der Waals surface area (Å²) in [6.45, 7) is 4.31. The molecule has 0 bridgehead atoms. The van der Waals surface area contributed by atoms with Gasteiger partial charge in [0.15, 0.2) is 0 Å². The van der Waals surface area contributed by atoms with Gasteiger partial charge in [-0.05, 0) is 60.7 Å². The van der Waals surface area contributed by atoms with E-state index in [4.69, 9.17) is 10.2 Å². The fourth-order valence-corrected chi connectivity index (χ4v) is 3.65. The Morgan fingerprint density at radius 2 is 2.15 bits per heavy atom. The first kappa shape index (κ1) is 13.6. The number of halogens is 1. The van der Waals surface area contributed by atoms with E-state index >= 15 is 0 Å². The zero-order valence-corrected chi connectivity index (χ0v) is 14.1. The molecule has 3 aromatic rings. The molecule has 0 spiro atoms. The minimum atomic E-state index is 0.320. The second-order valence-corrected chi connectivity index (χ2v) is 7.66. The Hall–Kier alpha value is -1.39. The lowest BCUT2D eigenvalue weighted by atomic mass is 10.2. The zero-order valence-electron chi connectivity index (χ0n) is 11.1. The summed E-state index contributed by atoms with van der Waals surface area (Å²) < 4.78 is 3.48. The maximum atomic E-state index is 9.02. The first-order chi connectivity index (χ1) is 9.60. The molecule has 0 aliphatic heterocycles. The Kier molecular flexibility index (Phi) is 3.52. The minimum absolute atomic E-state index is 0.320. The van der Waals surface area contributed by atoms with E-state index in [2.05, 4.69) is 58.5 Å². The molecule has 100 valence electrons. The van der Waals surface area contributed by atoms with E-state index < -0.39 is 0 Å². The standard InChI is InChI=1S/C15H12IN3S/c1-9(2)19-13-4-3-10(7-17)5-12(13)18-15(19)11-6-14(16)20-8-11/h3-6,8-9H,1-2H3. The molecule has 0 aliphatic rings. The van der Waals surface area contributed by atoms with E-state index in [-0.39, 0.29) is 0 Å². The van der Waals surface area contributed by atoms with Crippen LogP contribution in [0.2, 0.25) is 0 Å². The van der Waals surface area contributed by atoms with Crippen molar-refractivity contribution in [2.24, 2.45) is 0 Å². The summed E-state index contributed by atoms with van der Waals surface area (Å²) >= 11 is 4.04. The van der Waals surface area contributed by atoms with Crippen LogP contribution in [0.1, 0.15) is 25.5 Å². The van der Waals surface area contributed by atoms with Crippen LogP contribution in [0.3, 0.4) is 0 Å². The molecule has 0 amide bonds. The van der Waals surface area contributed by atoms with Gasteiger partial charge in [-0.15, -0.1) is 11.3 Å². The highest BCUT2D eigenvalue weighted by Gasteiger charge is 2.16. The molecule has 0 radical (unpaired) electrons. The molecule has 1 aromatic carbocycles. The second-order valence-electron chi connectivity index (χ2n) is 4.85. The van der Waals surface area contributed by atoms with Gasteiger partial charge in [0.1, 0.15) is 5.82 Å². The average Bonchev–Trinajstić information content (AvgIpc) is 3.00. The number of nitrogens with zero attached hydrogens (tertiary/aromatic N) is 3. The summed E-state index contributed by atoms with van der Waals surface area (Å²) in [4.78, 5) is 4.74. The highest BCUT2D eigenvalue weighted by atomic mass is 127. The number of hydrogen-bond donors (Lipinski definition) is 0. The number of hydrogen-bond acceptors (Lipinski definition) is 3. The van der Waals surface area contributed by atoms with E-state index in [1.807, 2.05) is 18.2 Å². The van der Waals surface area contributed by atoms with E-state index in [1.54, 1.807) is 11.3 Å². The number of nitriles is 1.